The van der Waals surface area contributed by atoms with E-state index < -0.39 is 65.2 Å². The topological polar surface area (TPSA) is 305 Å². The normalized spacial score (nSPS) is 14.8. The number of amides is 2. The molecule has 0 spiro atoms. The van der Waals surface area contributed by atoms with Crippen molar-refractivity contribution in [1.82, 2.24) is 10.2 Å². The summed E-state index contributed by atoms with van der Waals surface area (Å²) in [6, 6.07) is 26.7. The number of likely N-dealkylation sites (N-methyl/N-ethyl adjacent to an activating group) is 1. The van der Waals surface area contributed by atoms with Crippen LogP contribution in [-0.2, 0) is 62.4 Å². The molecule has 9 N–H and O–H groups in total. The summed E-state index contributed by atoms with van der Waals surface area (Å²) in [4.78, 5) is 94.3. The van der Waals surface area contributed by atoms with Crippen molar-refractivity contribution in [3.05, 3.63) is 159 Å². The summed E-state index contributed by atoms with van der Waals surface area (Å²) < 4.78 is 30.6. The van der Waals surface area contributed by atoms with E-state index in [1.807, 2.05) is 38.1 Å². The number of nitrogens with one attached hydrogen (secondary N) is 1. The average Bonchev–Trinajstić information content (AvgIpc) is 1.000. The van der Waals surface area contributed by atoms with Gasteiger partial charge in [0.2, 0.25) is 11.8 Å². The number of aryl methyl sites for hydroxylation is 5. The fourth-order valence-electron chi connectivity index (χ4n) is 13.5. The van der Waals surface area contributed by atoms with Crippen molar-refractivity contribution >= 4 is 64.2 Å². The Morgan fingerprint density at radius 1 is 0.622 bits per heavy atom. The molecule has 0 unspecified atom stereocenters. The number of carbonyl (C=O) groups excluding carboxylic acids is 5. The molecule has 111 heavy (non-hydrogen) atoms. The number of fused-ring (bicyclic) bond motifs is 5. The zero-order valence-electron chi connectivity index (χ0n) is 68.5. The van der Waals surface area contributed by atoms with Gasteiger partial charge in [-0.15, -0.1) is 0 Å². The first-order valence-electron chi connectivity index (χ1n) is 40.6. The minimum absolute atomic E-state index is 0. The Bertz CT molecular complexity index is 3600. The van der Waals surface area contributed by atoms with Gasteiger partial charge in [-0.05, 0) is 172 Å². The minimum atomic E-state index is -1.21. The number of nitrogens with zero attached hydrogens (tertiary/aromatic N) is 2. The first kappa shape index (κ1) is 102. The number of unbranched alkanes of at least 4 members (excludes halogenated alkanes) is 15. The SMILES string of the molecule is C1CCOC1.CCCCCCCCc1ccc(C(=O)C[C@@H](CCN)C(=O)N(C)[C@@H]2C(=O)C[C@@H](C)C(=O)N[C@H](C(=O)C[C@H](C)C#N)Cc3ccc(OCCN)c(c3)-c3cc2ccc3OCCN)c(CC)c1.CCCCCCCCc1ccc(C(=O)O)c(CC)c1.CCCCCCCCc1ccc(C(=O)O)c(F)c1.[Br-].[CH2-]C.[Mg+2]. The maximum Gasteiger partial charge on any atom is 2.00 e. The van der Waals surface area contributed by atoms with Crippen LogP contribution in [0.1, 0.15) is 286 Å². The van der Waals surface area contributed by atoms with E-state index >= 15 is 0 Å². The summed E-state index contributed by atoms with van der Waals surface area (Å²) in [7, 11) is 1.54. The summed E-state index contributed by atoms with van der Waals surface area (Å²) >= 11 is 0. The van der Waals surface area contributed by atoms with E-state index in [-0.39, 0.29) is 122 Å². The standard InChI is InChI=1S/C52H72N6O7.C17H26O2.C15H21FO2.C4H8O.C2H5.BrH.Mg/c1-6-8-9-10-11-12-13-36-14-17-41(38(7-2)28-36)45(59)32-40(20-21-53)52(63)58(5)50-39-16-19-49(65-25-23-55)43(31-39)42-29-37(15-18-48(42)64-24-22-54)30-44(46(60)26-34(3)33-56)57-51(62)35(4)27-47(50)61;1-3-5-6-7-8-9-10-14-11-12-16(17(18)19)15(4-2)13-14;1-2-3-4-5-6-7-8-12-9-10-13(15(17)18)14(16)11-12;1-2-4-5-3-1;1-2;;/h14-19,28-29,31,34-35,40,44,50H,6-13,20-27,30,32,53-55H2,1-5H3,(H,57,62);11-13H,3-10H2,1-2H3,(H,18,19);9-11H,2-8H2,1H3,(H,17,18);1-4H2;1H2,2H3;1H;/q;;;;-1;;+2/p-1/t34-,35+,40+,44-,50-;;;;;;/m0....../s1. The zero-order valence-corrected chi connectivity index (χ0v) is 71.5. The van der Waals surface area contributed by atoms with Crippen molar-refractivity contribution in [3.63, 3.8) is 0 Å². The predicted octanol–water partition coefficient (Wildman–Crippen LogP) is 14.5. The maximum atomic E-state index is 14.8. The number of nitrogens with two attached hydrogens (primary N) is 3. The number of benzene rings is 5. The number of aromatic carboxylic acids is 2. The number of rotatable bonds is 41. The van der Waals surface area contributed by atoms with E-state index in [2.05, 4.69) is 51.2 Å². The van der Waals surface area contributed by atoms with Gasteiger partial charge in [-0.3, -0.25) is 24.0 Å². The van der Waals surface area contributed by atoms with E-state index in [4.69, 9.17) is 41.6 Å². The van der Waals surface area contributed by atoms with Crippen molar-refractivity contribution in [1.29, 1.82) is 5.26 Å². The average molecular weight is 1610 g/mol. The number of carboxylic acids is 2. The minimum Gasteiger partial charge on any atom is -1.00 e. The molecule has 0 aromatic heterocycles. The Morgan fingerprint density at radius 3 is 1.53 bits per heavy atom. The summed E-state index contributed by atoms with van der Waals surface area (Å²) in [6.45, 7) is 21.9. The van der Waals surface area contributed by atoms with Gasteiger partial charge in [-0.1, -0.05) is 186 Å². The molecule has 5 aromatic rings. The van der Waals surface area contributed by atoms with Crippen LogP contribution in [0, 0.1) is 41.8 Å². The summed E-state index contributed by atoms with van der Waals surface area (Å²) in [5, 5.41) is 30.2. The molecule has 2 aliphatic rings. The molecule has 7 rings (SSSR count). The maximum absolute atomic E-state index is 14.8. The second-order valence-electron chi connectivity index (χ2n) is 28.6. The van der Waals surface area contributed by atoms with E-state index in [0.717, 1.165) is 74.8 Å². The van der Waals surface area contributed by atoms with Crippen LogP contribution in [0.3, 0.4) is 0 Å². The van der Waals surface area contributed by atoms with Crippen LogP contribution in [0.4, 0.5) is 4.39 Å². The fourth-order valence-corrected chi connectivity index (χ4v) is 13.5. The second kappa shape index (κ2) is 59.8. The van der Waals surface area contributed by atoms with Crippen molar-refractivity contribution in [2.45, 2.75) is 260 Å². The van der Waals surface area contributed by atoms with Crippen LogP contribution in [0.5, 0.6) is 11.5 Å². The second-order valence-corrected chi connectivity index (χ2v) is 28.6. The van der Waals surface area contributed by atoms with Gasteiger partial charge in [0.15, 0.2) is 17.3 Å². The van der Waals surface area contributed by atoms with Crippen LogP contribution in [-0.4, -0.2) is 138 Å². The van der Waals surface area contributed by atoms with Crippen LogP contribution in [0.15, 0.2) is 91.0 Å². The molecule has 2 aliphatic heterocycles. The molecule has 2 amide bonds. The summed E-state index contributed by atoms with van der Waals surface area (Å²) in [6.07, 6.45) is 28.9. The molecule has 0 radical (unpaired) electrons. The Morgan fingerprint density at radius 2 is 1.08 bits per heavy atom. The first-order valence-corrected chi connectivity index (χ1v) is 40.6. The van der Waals surface area contributed by atoms with Gasteiger partial charge in [-0.2, -0.15) is 12.2 Å². The van der Waals surface area contributed by atoms with Crippen molar-refractivity contribution in [3.8, 4) is 28.7 Å². The molecule has 1 fully saturated rings. The zero-order chi connectivity index (χ0) is 80.5. The van der Waals surface area contributed by atoms with Crippen LogP contribution >= 0.6 is 0 Å². The fraction of sp³-hybridized carbons (Fsp3) is 0.567. The number of ether oxygens (including phenoxy) is 3. The third-order valence-corrected chi connectivity index (χ3v) is 19.7. The predicted molar refractivity (Wildman–Crippen MR) is 441 cm³/mol. The molecular weight excluding hydrogens is 1480 g/mol. The van der Waals surface area contributed by atoms with Crippen LogP contribution in [0.2, 0.25) is 0 Å². The van der Waals surface area contributed by atoms with E-state index in [1.54, 1.807) is 70.3 Å². The number of halogens is 2. The number of ketones is 3. The molecule has 2 heterocycles. The number of carbonyl (C=O) groups is 7. The van der Waals surface area contributed by atoms with Crippen molar-refractivity contribution in [2.75, 3.05) is 53.1 Å². The Balaban J connectivity index is 0.00000107. The van der Waals surface area contributed by atoms with Gasteiger partial charge in [0.1, 0.15) is 36.6 Å². The molecule has 18 nitrogen and oxygen atoms in total. The number of hydrogen-bond acceptors (Lipinski definition) is 14. The quantitative estimate of drug-likeness (QED) is 0.00917. The molecule has 1 saturated heterocycles. The van der Waals surface area contributed by atoms with Crippen LogP contribution < -0.4 is 49.0 Å². The number of nitriles is 1. The van der Waals surface area contributed by atoms with Gasteiger partial charge in [-0.25, -0.2) is 14.0 Å². The summed E-state index contributed by atoms with van der Waals surface area (Å²) in [5.41, 5.74) is 26.1. The van der Waals surface area contributed by atoms with Gasteiger partial charge in [0.05, 0.1) is 29.2 Å². The molecule has 0 aliphatic carbocycles. The Labute approximate surface area is 690 Å². The number of carboxylic acid groups (broad SMARTS) is 2. The van der Waals surface area contributed by atoms with Crippen LogP contribution in [0.25, 0.3) is 11.1 Å². The molecule has 21 heteroatoms. The van der Waals surface area contributed by atoms with E-state index in [9.17, 15) is 43.2 Å². The third-order valence-electron chi connectivity index (χ3n) is 19.7. The largest absolute Gasteiger partial charge is 2.00 e. The number of Topliss-reactive ketones (excluding diaryl/α,β-unsaturated/α-hetero) is 3. The smallest absolute Gasteiger partial charge is 1.00 e. The monoisotopic (exact) mass is 1610 g/mol. The van der Waals surface area contributed by atoms with Gasteiger partial charge < -0.3 is 75.7 Å². The Kier molecular flexibility index (Phi) is 55.0. The van der Waals surface area contributed by atoms with Gasteiger partial charge >= 0.3 is 35.0 Å². The molecule has 5 atom stereocenters. The van der Waals surface area contributed by atoms with Gasteiger partial charge in [0, 0.05) is 81.1 Å². The number of hydrogen-bond donors (Lipinski definition) is 6. The van der Waals surface area contributed by atoms with Gasteiger partial charge in [0.25, 0.3) is 0 Å². The van der Waals surface area contributed by atoms with E-state index in [1.165, 1.54) is 137 Å². The summed E-state index contributed by atoms with van der Waals surface area (Å²) in [5.74, 6) is -5.96. The van der Waals surface area contributed by atoms with Crippen molar-refractivity contribution < 1.29 is 79.4 Å². The molecule has 0 saturated carbocycles. The van der Waals surface area contributed by atoms with E-state index in [0.29, 0.717) is 51.3 Å². The Hall–Kier alpha value is -6.90. The van der Waals surface area contributed by atoms with Crippen molar-refractivity contribution in [2.24, 2.45) is 35.0 Å². The molecule has 4 bridgehead atoms. The molecular formula is C90H132BrFMgN6O12. The molecule has 610 valence electrons. The third kappa shape index (κ3) is 37.3. The first-order chi connectivity index (χ1) is 52.6. The molecule has 5 aromatic carbocycles.